The first-order chi connectivity index (χ1) is 14.8. The van der Waals surface area contributed by atoms with Gasteiger partial charge in [-0.2, -0.15) is 4.31 Å². The summed E-state index contributed by atoms with van der Waals surface area (Å²) in [4.78, 5) is 12.8. The number of rotatable bonds is 8. The third-order valence-corrected chi connectivity index (χ3v) is 8.35. The molecule has 1 fully saturated rings. The number of carbonyl (C=O) groups is 1. The van der Waals surface area contributed by atoms with Crippen molar-refractivity contribution in [2.45, 2.75) is 69.6 Å². The summed E-state index contributed by atoms with van der Waals surface area (Å²) in [6, 6.07) is 5.35. The van der Waals surface area contributed by atoms with Crippen LogP contribution in [0.1, 0.15) is 70.3 Å². The maximum Gasteiger partial charge on any atom is 0.246 e. The van der Waals surface area contributed by atoms with Crippen molar-refractivity contribution < 1.29 is 17.9 Å². The molecule has 7 heteroatoms. The van der Waals surface area contributed by atoms with Crippen LogP contribution in [0.15, 0.2) is 34.7 Å². The largest absolute Gasteiger partial charge is 0.495 e. The van der Waals surface area contributed by atoms with Crippen molar-refractivity contribution in [1.29, 1.82) is 0 Å². The molecule has 1 aromatic rings. The third-order valence-electron chi connectivity index (χ3n) is 6.43. The van der Waals surface area contributed by atoms with Gasteiger partial charge in [0.05, 0.1) is 7.11 Å². The van der Waals surface area contributed by atoms with Crippen LogP contribution in [0.4, 0.5) is 0 Å². The molecule has 1 aromatic carbocycles. The molecule has 1 aliphatic heterocycles. The molecule has 1 aliphatic carbocycles. The van der Waals surface area contributed by atoms with E-state index in [0.717, 1.165) is 24.8 Å². The van der Waals surface area contributed by atoms with Crippen LogP contribution in [-0.4, -0.2) is 45.4 Å². The van der Waals surface area contributed by atoms with Gasteiger partial charge in [0, 0.05) is 25.6 Å². The molecular formula is C24H36N2O4S. The van der Waals surface area contributed by atoms with Crippen LogP contribution in [0.25, 0.3) is 0 Å². The van der Waals surface area contributed by atoms with E-state index in [1.54, 1.807) is 12.1 Å². The molecule has 1 amide bonds. The van der Waals surface area contributed by atoms with Crippen molar-refractivity contribution in [3.8, 4) is 5.75 Å². The minimum atomic E-state index is -3.67. The lowest BCUT2D eigenvalue weighted by Gasteiger charge is -2.31. The molecule has 0 radical (unpaired) electrons. The highest BCUT2D eigenvalue weighted by molar-refractivity contribution is 7.89. The predicted molar refractivity (Wildman–Crippen MR) is 123 cm³/mol. The summed E-state index contributed by atoms with van der Waals surface area (Å²) in [5.41, 5.74) is 2.41. The van der Waals surface area contributed by atoms with Gasteiger partial charge in [-0.15, -0.1) is 0 Å². The quantitative estimate of drug-likeness (QED) is 0.604. The minimum absolute atomic E-state index is 0.0489. The SMILES string of the molecule is COc1ccc(C(C)C)cc1S(=O)(=O)N1CCC(C(=O)NCCC2=CCCCC2)CC1. The van der Waals surface area contributed by atoms with E-state index >= 15 is 0 Å². The Morgan fingerprint density at radius 2 is 1.97 bits per heavy atom. The first-order valence-electron chi connectivity index (χ1n) is 11.5. The van der Waals surface area contributed by atoms with Crippen LogP contribution >= 0.6 is 0 Å². The van der Waals surface area contributed by atoms with Gasteiger partial charge >= 0.3 is 0 Å². The number of ether oxygens (including phenoxy) is 1. The highest BCUT2D eigenvalue weighted by Gasteiger charge is 2.34. The number of carbonyl (C=O) groups excluding carboxylic acids is 1. The number of hydrogen-bond acceptors (Lipinski definition) is 4. The van der Waals surface area contributed by atoms with Gasteiger partial charge in [-0.05, 0) is 68.6 Å². The molecule has 1 heterocycles. The number of piperidine rings is 1. The van der Waals surface area contributed by atoms with Gasteiger partial charge < -0.3 is 10.1 Å². The van der Waals surface area contributed by atoms with Crippen molar-refractivity contribution in [2.24, 2.45) is 5.92 Å². The van der Waals surface area contributed by atoms with E-state index in [-0.39, 0.29) is 22.6 Å². The minimum Gasteiger partial charge on any atom is -0.495 e. The second kappa shape index (κ2) is 10.6. The average molecular weight is 449 g/mol. The molecule has 0 unspecified atom stereocenters. The van der Waals surface area contributed by atoms with Gasteiger partial charge in [0.2, 0.25) is 15.9 Å². The fraction of sp³-hybridized carbons (Fsp3) is 0.625. The number of sulfonamides is 1. The summed E-state index contributed by atoms with van der Waals surface area (Å²) < 4.78 is 33.4. The standard InChI is InChI=1S/C24H36N2O4S/c1-18(2)21-9-10-22(30-3)23(17-21)31(28,29)26-15-12-20(13-16-26)24(27)25-14-11-19-7-5-4-6-8-19/h7,9-10,17-18,20H,4-6,8,11-16H2,1-3H3,(H,25,27). The Bertz CT molecular complexity index is 900. The number of hydrogen-bond donors (Lipinski definition) is 1. The summed E-state index contributed by atoms with van der Waals surface area (Å²) in [6.07, 6.45) is 9.13. The van der Waals surface area contributed by atoms with Crippen molar-refractivity contribution in [1.82, 2.24) is 9.62 Å². The molecule has 0 saturated carbocycles. The smallest absolute Gasteiger partial charge is 0.246 e. The van der Waals surface area contributed by atoms with Crippen molar-refractivity contribution in [2.75, 3.05) is 26.7 Å². The van der Waals surface area contributed by atoms with Crippen LogP contribution in [0.3, 0.4) is 0 Å². The molecule has 0 spiro atoms. The zero-order valence-electron chi connectivity index (χ0n) is 19.0. The number of nitrogens with one attached hydrogen (secondary N) is 1. The molecular weight excluding hydrogens is 412 g/mol. The highest BCUT2D eigenvalue weighted by Crippen LogP contribution is 2.32. The summed E-state index contributed by atoms with van der Waals surface area (Å²) in [5, 5.41) is 3.06. The van der Waals surface area contributed by atoms with E-state index in [1.807, 2.05) is 19.9 Å². The van der Waals surface area contributed by atoms with E-state index in [0.29, 0.717) is 38.2 Å². The van der Waals surface area contributed by atoms with Crippen molar-refractivity contribution >= 4 is 15.9 Å². The first kappa shape index (κ1) is 23.8. The van der Waals surface area contributed by atoms with Crippen molar-refractivity contribution in [3.63, 3.8) is 0 Å². The Hall–Kier alpha value is -1.86. The second-order valence-corrected chi connectivity index (χ2v) is 10.8. The van der Waals surface area contributed by atoms with Gasteiger partial charge in [-0.25, -0.2) is 8.42 Å². The Morgan fingerprint density at radius 3 is 2.58 bits per heavy atom. The van der Waals surface area contributed by atoms with E-state index in [2.05, 4.69) is 11.4 Å². The van der Waals surface area contributed by atoms with Gasteiger partial charge in [-0.1, -0.05) is 31.6 Å². The van der Waals surface area contributed by atoms with Crippen molar-refractivity contribution in [3.05, 3.63) is 35.4 Å². The molecule has 3 rings (SSSR count). The highest BCUT2D eigenvalue weighted by atomic mass is 32.2. The molecule has 31 heavy (non-hydrogen) atoms. The zero-order chi connectivity index (χ0) is 22.4. The molecule has 6 nitrogen and oxygen atoms in total. The summed E-state index contributed by atoms with van der Waals surface area (Å²) in [7, 11) is -2.18. The summed E-state index contributed by atoms with van der Waals surface area (Å²) in [5.74, 6) is 0.503. The Morgan fingerprint density at radius 1 is 1.23 bits per heavy atom. The Kier molecular flexibility index (Phi) is 8.17. The second-order valence-electron chi connectivity index (χ2n) is 8.89. The maximum atomic E-state index is 13.3. The van der Waals surface area contributed by atoms with E-state index in [4.69, 9.17) is 4.74 Å². The number of methoxy groups -OCH3 is 1. The third kappa shape index (κ3) is 5.89. The van der Waals surface area contributed by atoms with E-state index in [9.17, 15) is 13.2 Å². The lowest BCUT2D eigenvalue weighted by atomic mass is 9.96. The molecule has 2 aliphatic rings. The maximum absolute atomic E-state index is 13.3. The molecule has 1 N–H and O–H groups in total. The zero-order valence-corrected chi connectivity index (χ0v) is 19.8. The van der Waals surface area contributed by atoms with Crippen LogP contribution in [0, 0.1) is 5.92 Å². The summed E-state index contributed by atoms with van der Waals surface area (Å²) >= 11 is 0. The fourth-order valence-electron chi connectivity index (χ4n) is 4.37. The molecule has 1 saturated heterocycles. The fourth-order valence-corrected chi connectivity index (χ4v) is 6.03. The van der Waals surface area contributed by atoms with Gasteiger partial charge in [0.1, 0.15) is 10.6 Å². The molecule has 0 atom stereocenters. The van der Waals surface area contributed by atoms with Gasteiger partial charge in [0.15, 0.2) is 0 Å². The topological polar surface area (TPSA) is 75.7 Å². The monoisotopic (exact) mass is 448 g/mol. The number of nitrogens with zero attached hydrogens (tertiary/aromatic N) is 1. The van der Waals surface area contributed by atoms with Gasteiger partial charge in [-0.3, -0.25) is 4.79 Å². The van der Waals surface area contributed by atoms with Crippen LogP contribution in [0.5, 0.6) is 5.75 Å². The first-order valence-corrected chi connectivity index (χ1v) is 12.9. The number of allylic oxidation sites excluding steroid dienone is 1. The number of amides is 1. The van der Waals surface area contributed by atoms with Crippen LogP contribution in [0.2, 0.25) is 0 Å². The predicted octanol–water partition coefficient (Wildman–Crippen LogP) is 4.23. The Labute approximate surface area is 187 Å². The summed E-state index contributed by atoms with van der Waals surface area (Å²) in [6.45, 7) is 5.43. The van der Waals surface area contributed by atoms with Crippen LogP contribution < -0.4 is 10.1 Å². The van der Waals surface area contributed by atoms with Gasteiger partial charge in [0.25, 0.3) is 0 Å². The molecule has 172 valence electrons. The lowest BCUT2D eigenvalue weighted by Crippen LogP contribution is -2.43. The van der Waals surface area contributed by atoms with Crippen LogP contribution in [-0.2, 0) is 14.8 Å². The Balaban J connectivity index is 1.57. The van der Waals surface area contributed by atoms with E-state index < -0.39 is 10.0 Å². The molecule has 0 bridgehead atoms. The lowest BCUT2D eigenvalue weighted by molar-refractivity contribution is -0.126. The number of benzene rings is 1. The average Bonchev–Trinajstić information content (AvgIpc) is 2.79. The normalized spacial score (nSPS) is 18.6. The molecule has 0 aromatic heterocycles. The van der Waals surface area contributed by atoms with E-state index in [1.165, 1.54) is 29.8 Å².